The molecule has 1 aromatic rings. The van der Waals surface area contributed by atoms with Gasteiger partial charge in [0.05, 0.1) is 6.42 Å². The lowest BCUT2D eigenvalue weighted by atomic mass is 10.1. The van der Waals surface area contributed by atoms with Gasteiger partial charge in [-0.3, -0.25) is 9.59 Å². The minimum absolute atomic E-state index is 0.0729. The number of benzene rings is 1. The Bertz CT molecular complexity index is 420. The van der Waals surface area contributed by atoms with E-state index in [1.807, 2.05) is 19.9 Å². The summed E-state index contributed by atoms with van der Waals surface area (Å²) in [4.78, 5) is 22.3. The third kappa shape index (κ3) is 4.26. The van der Waals surface area contributed by atoms with E-state index in [-0.39, 0.29) is 18.4 Å². The van der Waals surface area contributed by atoms with Crippen molar-refractivity contribution in [2.75, 3.05) is 0 Å². The Morgan fingerprint density at radius 1 is 1.24 bits per heavy atom. The summed E-state index contributed by atoms with van der Waals surface area (Å²) < 4.78 is 0. The summed E-state index contributed by atoms with van der Waals surface area (Å²) in [6.07, 6.45) is -0.0729. The van der Waals surface area contributed by atoms with Crippen molar-refractivity contribution in [1.82, 2.24) is 5.32 Å². The van der Waals surface area contributed by atoms with Gasteiger partial charge in [-0.05, 0) is 32.9 Å². The molecule has 1 aromatic carbocycles. The monoisotopic (exact) mass is 235 g/mol. The summed E-state index contributed by atoms with van der Waals surface area (Å²) in [7, 11) is 0. The van der Waals surface area contributed by atoms with Gasteiger partial charge in [0, 0.05) is 11.6 Å². The Labute approximate surface area is 101 Å². The van der Waals surface area contributed by atoms with Crippen LogP contribution in [0.4, 0.5) is 0 Å². The Morgan fingerprint density at radius 3 is 2.24 bits per heavy atom. The first-order chi connectivity index (χ1) is 7.88. The third-order valence-corrected chi connectivity index (χ3v) is 2.34. The van der Waals surface area contributed by atoms with Crippen LogP contribution in [0.1, 0.15) is 34.8 Å². The van der Waals surface area contributed by atoms with E-state index in [9.17, 15) is 9.59 Å². The van der Waals surface area contributed by atoms with Crippen LogP contribution < -0.4 is 5.32 Å². The van der Waals surface area contributed by atoms with Gasteiger partial charge in [0.15, 0.2) is 0 Å². The molecule has 0 bridgehead atoms. The highest BCUT2D eigenvalue weighted by molar-refractivity contribution is 5.95. The second-order valence-corrected chi connectivity index (χ2v) is 4.35. The molecule has 1 atom stereocenters. The molecule has 0 spiro atoms. The molecule has 0 saturated carbocycles. The lowest BCUT2D eigenvalue weighted by Crippen LogP contribution is -2.34. The van der Waals surface area contributed by atoms with Crippen molar-refractivity contribution in [2.45, 2.75) is 33.2 Å². The van der Waals surface area contributed by atoms with Gasteiger partial charge in [-0.1, -0.05) is 17.2 Å². The van der Waals surface area contributed by atoms with E-state index in [1.165, 1.54) is 0 Å². The number of hydrogen-bond acceptors (Lipinski definition) is 2. The van der Waals surface area contributed by atoms with Crippen molar-refractivity contribution >= 4 is 11.9 Å². The van der Waals surface area contributed by atoms with Gasteiger partial charge in [0.2, 0.25) is 0 Å². The molecule has 4 heteroatoms. The van der Waals surface area contributed by atoms with Gasteiger partial charge in [-0.15, -0.1) is 0 Å². The number of aliphatic carboxylic acids is 1. The second-order valence-electron chi connectivity index (χ2n) is 4.35. The molecule has 0 radical (unpaired) electrons. The number of carbonyl (C=O) groups is 2. The van der Waals surface area contributed by atoms with Crippen molar-refractivity contribution in [2.24, 2.45) is 0 Å². The average molecular weight is 235 g/mol. The molecule has 1 rings (SSSR count). The van der Waals surface area contributed by atoms with E-state index >= 15 is 0 Å². The molecule has 0 aliphatic carbocycles. The Hall–Kier alpha value is -1.84. The minimum Gasteiger partial charge on any atom is -0.481 e. The minimum atomic E-state index is -0.918. The lowest BCUT2D eigenvalue weighted by molar-refractivity contribution is -0.137. The van der Waals surface area contributed by atoms with E-state index < -0.39 is 5.97 Å². The Morgan fingerprint density at radius 2 is 1.76 bits per heavy atom. The quantitative estimate of drug-likeness (QED) is 0.837. The maximum absolute atomic E-state index is 11.8. The van der Waals surface area contributed by atoms with Gasteiger partial charge in [0.25, 0.3) is 5.91 Å². The van der Waals surface area contributed by atoms with Crippen LogP contribution in [0.2, 0.25) is 0 Å². The summed E-state index contributed by atoms with van der Waals surface area (Å²) >= 11 is 0. The molecule has 0 aliphatic rings. The summed E-state index contributed by atoms with van der Waals surface area (Å²) in [5.74, 6) is -1.15. The fourth-order valence-corrected chi connectivity index (χ4v) is 1.73. The SMILES string of the molecule is Cc1cc(C)cc(C(=O)NC(C)CC(=O)O)c1. The number of aryl methyl sites for hydroxylation is 2. The standard InChI is InChI=1S/C13H17NO3/c1-8-4-9(2)6-11(5-8)13(17)14-10(3)7-12(15)16/h4-6,10H,7H2,1-3H3,(H,14,17)(H,15,16). The van der Waals surface area contributed by atoms with Crippen molar-refractivity contribution in [3.63, 3.8) is 0 Å². The van der Waals surface area contributed by atoms with E-state index in [4.69, 9.17) is 5.11 Å². The highest BCUT2D eigenvalue weighted by Gasteiger charge is 2.12. The van der Waals surface area contributed by atoms with Crippen LogP contribution in [0, 0.1) is 13.8 Å². The molecular weight excluding hydrogens is 218 g/mol. The first-order valence-corrected chi connectivity index (χ1v) is 5.49. The Balaban J connectivity index is 2.72. The number of carboxylic acid groups (broad SMARTS) is 1. The molecule has 92 valence electrons. The van der Waals surface area contributed by atoms with E-state index in [1.54, 1.807) is 19.1 Å². The van der Waals surface area contributed by atoms with Crippen molar-refractivity contribution in [1.29, 1.82) is 0 Å². The zero-order valence-electron chi connectivity index (χ0n) is 10.3. The summed E-state index contributed by atoms with van der Waals surface area (Å²) in [5.41, 5.74) is 2.60. The predicted molar refractivity (Wildman–Crippen MR) is 65.1 cm³/mol. The zero-order chi connectivity index (χ0) is 13.0. The Kier molecular flexibility index (Phi) is 4.26. The molecule has 4 nitrogen and oxygen atoms in total. The van der Waals surface area contributed by atoms with E-state index in [2.05, 4.69) is 5.32 Å². The average Bonchev–Trinajstić information content (AvgIpc) is 2.14. The number of nitrogens with one attached hydrogen (secondary N) is 1. The maximum Gasteiger partial charge on any atom is 0.305 e. The lowest BCUT2D eigenvalue weighted by Gasteiger charge is -2.12. The van der Waals surface area contributed by atoms with Crippen molar-refractivity contribution in [3.05, 3.63) is 34.9 Å². The third-order valence-electron chi connectivity index (χ3n) is 2.34. The van der Waals surface area contributed by atoms with Crippen LogP contribution >= 0.6 is 0 Å². The molecule has 0 aliphatic heterocycles. The number of carbonyl (C=O) groups excluding carboxylic acids is 1. The molecule has 1 amide bonds. The number of rotatable bonds is 4. The van der Waals surface area contributed by atoms with E-state index in [0.29, 0.717) is 5.56 Å². The molecular formula is C13H17NO3. The second kappa shape index (κ2) is 5.48. The molecule has 0 fully saturated rings. The van der Waals surface area contributed by atoms with Gasteiger partial charge in [0.1, 0.15) is 0 Å². The fourth-order valence-electron chi connectivity index (χ4n) is 1.73. The summed E-state index contributed by atoms with van der Waals surface area (Å²) in [6, 6.07) is 5.18. The molecule has 17 heavy (non-hydrogen) atoms. The van der Waals surface area contributed by atoms with Crippen molar-refractivity contribution in [3.8, 4) is 0 Å². The van der Waals surface area contributed by atoms with Crippen LogP contribution in [0.3, 0.4) is 0 Å². The number of carboxylic acids is 1. The predicted octanol–water partition coefficient (Wildman–Crippen LogP) is 1.90. The molecule has 0 heterocycles. The van der Waals surface area contributed by atoms with Crippen LogP contribution in [0.15, 0.2) is 18.2 Å². The maximum atomic E-state index is 11.8. The molecule has 1 unspecified atom stereocenters. The zero-order valence-corrected chi connectivity index (χ0v) is 10.3. The van der Waals surface area contributed by atoms with Crippen molar-refractivity contribution < 1.29 is 14.7 Å². The molecule has 0 saturated heterocycles. The number of amides is 1. The van der Waals surface area contributed by atoms with E-state index in [0.717, 1.165) is 11.1 Å². The largest absolute Gasteiger partial charge is 0.481 e. The van der Waals surface area contributed by atoms with Gasteiger partial charge in [-0.2, -0.15) is 0 Å². The van der Waals surface area contributed by atoms with Crippen LogP contribution in [-0.2, 0) is 4.79 Å². The molecule has 0 aromatic heterocycles. The number of hydrogen-bond donors (Lipinski definition) is 2. The fraction of sp³-hybridized carbons (Fsp3) is 0.385. The smallest absolute Gasteiger partial charge is 0.305 e. The highest BCUT2D eigenvalue weighted by atomic mass is 16.4. The van der Waals surface area contributed by atoms with Crippen LogP contribution in [-0.4, -0.2) is 23.0 Å². The van der Waals surface area contributed by atoms with Crippen LogP contribution in [0.5, 0.6) is 0 Å². The normalized spacial score (nSPS) is 11.9. The van der Waals surface area contributed by atoms with Crippen LogP contribution in [0.25, 0.3) is 0 Å². The van der Waals surface area contributed by atoms with Gasteiger partial charge in [-0.25, -0.2) is 0 Å². The first-order valence-electron chi connectivity index (χ1n) is 5.49. The highest BCUT2D eigenvalue weighted by Crippen LogP contribution is 2.09. The summed E-state index contributed by atoms with van der Waals surface area (Å²) in [5, 5.41) is 11.3. The topological polar surface area (TPSA) is 66.4 Å². The van der Waals surface area contributed by atoms with Gasteiger partial charge >= 0.3 is 5.97 Å². The first kappa shape index (κ1) is 13.2. The molecule has 2 N–H and O–H groups in total. The summed E-state index contributed by atoms with van der Waals surface area (Å²) in [6.45, 7) is 5.52. The van der Waals surface area contributed by atoms with Gasteiger partial charge < -0.3 is 10.4 Å².